The Labute approximate surface area is 104 Å². The Bertz CT molecular complexity index is 578. The Kier molecular flexibility index (Phi) is 3.41. The number of aromatic nitrogens is 2. The van der Waals surface area contributed by atoms with Crippen molar-refractivity contribution in [1.29, 1.82) is 0 Å². The Hall–Kier alpha value is -2.17. The summed E-state index contributed by atoms with van der Waals surface area (Å²) in [5, 5.41) is 4.08. The van der Waals surface area contributed by atoms with Gasteiger partial charge in [-0.2, -0.15) is 5.10 Å². The Morgan fingerprint density at radius 2 is 2.28 bits per heavy atom. The molecule has 5 heteroatoms. The molecule has 0 aliphatic carbocycles. The van der Waals surface area contributed by atoms with Gasteiger partial charge in [0.05, 0.1) is 25.4 Å². The summed E-state index contributed by atoms with van der Waals surface area (Å²) in [6, 6.07) is 4.15. The van der Waals surface area contributed by atoms with Gasteiger partial charge in [-0.1, -0.05) is 0 Å². The van der Waals surface area contributed by atoms with E-state index in [1.54, 1.807) is 10.9 Å². The lowest BCUT2D eigenvalue weighted by Gasteiger charge is -2.06. The molecule has 94 valence electrons. The monoisotopic (exact) mass is 248 g/mol. The van der Waals surface area contributed by atoms with Gasteiger partial charge in [0.1, 0.15) is 5.82 Å². The van der Waals surface area contributed by atoms with Crippen molar-refractivity contribution in [3.05, 3.63) is 53.1 Å². The summed E-state index contributed by atoms with van der Waals surface area (Å²) in [6.07, 6.45) is 3.51. The highest BCUT2D eigenvalue weighted by Gasteiger charge is 2.10. The van der Waals surface area contributed by atoms with Gasteiger partial charge >= 0.3 is 5.97 Å². The highest BCUT2D eigenvalue weighted by atomic mass is 19.1. The highest BCUT2D eigenvalue weighted by Crippen LogP contribution is 2.13. The molecule has 0 N–H and O–H groups in total. The molecule has 0 aliphatic rings. The van der Waals surface area contributed by atoms with Crippen LogP contribution in [-0.4, -0.2) is 22.9 Å². The molecule has 0 fully saturated rings. The molecule has 0 atom stereocenters. The first kappa shape index (κ1) is 12.3. The van der Waals surface area contributed by atoms with Gasteiger partial charge < -0.3 is 4.74 Å². The summed E-state index contributed by atoms with van der Waals surface area (Å²) in [6.45, 7) is 2.19. The molecule has 0 bridgehead atoms. The first-order chi connectivity index (χ1) is 8.60. The molecule has 0 saturated heterocycles. The Morgan fingerprint density at radius 3 is 2.89 bits per heavy atom. The van der Waals surface area contributed by atoms with Crippen LogP contribution in [0.2, 0.25) is 0 Å². The molecular weight excluding hydrogens is 235 g/mol. The van der Waals surface area contributed by atoms with Crippen LogP contribution < -0.4 is 0 Å². The second kappa shape index (κ2) is 5.00. The van der Waals surface area contributed by atoms with Crippen LogP contribution in [0, 0.1) is 12.7 Å². The van der Waals surface area contributed by atoms with Gasteiger partial charge in [0.25, 0.3) is 0 Å². The fourth-order valence-electron chi connectivity index (χ4n) is 1.67. The number of carbonyl (C=O) groups is 1. The number of ether oxygens (including phenoxy) is 1. The number of benzene rings is 1. The van der Waals surface area contributed by atoms with Crippen LogP contribution in [0.25, 0.3) is 0 Å². The molecule has 0 amide bonds. The highest BCUT2D eigenvalue weighted by molar-refractivity contribution is 5.89. The quantitative estimate of drug-likeness (QED) is 0.782. The number of aryl methyl sites for hydroxylation is 1. The first-order valence-electron chi connectivity index (χ1n) is 5.46. The number of carbonyl (C=O) groups excluding carboxylic acids is 1. The van der Waals surface area contributed by atoms with Crippen molar-refractivity contribution in [2.75, 3.05) is 7.11 Å². The maximum absolute atomic E-state index is 13.6. The van der Waals surface area contributed by atoms with E-state index in [2.05, 4.69) is 9.84 Å². The average Bonchev–Trinajstić information content (AvgIpc) is 2.76. The lowest BCUT2D eigenvalue weighted by Crippen LogP contribution is -2.06. The van der Waals surface area contributed by atoms with E-state index in [-0.39, 0.29) is 12.4 Å². The normalized spacial score (nSPS) is 10.4. The summed E-state index contributed by atoms with van der Waals surface area (Å²) in [4.78, 5) is 11.4. The molecule has 18 heavy (non-hydrogen) atoms. The largest absolute Gasteiger partial charge is 0.465 e. The zero-order valence-electron chi connectivity index (χ0n) is 10.2. The van der Waals surface area contributed by atoms with Crippen LogP contribution in [0.5, 0.6) is 0 Å². The number of methoxy groups -OCH3 is 1. The third-order valence-electron chi connectivity index (χ3n) is 2.56. The van der Waals surface area contributed by atoms with E-state index in [0.29, 0.717) is 11.1 Å². The Balaban J connectivity index is 2.29. The number of esters is 1. The summed E-state index contributed by atoms with van der Waals surface area (Å²) >= 11 is 0. The summed E-state index contributed by atoms with van der Waals surface area (Å²) in [5.74, 6) is -0.844. The molecule has 2 rings (SSSR count). The molecule has 0 aliphatic heterocycles. The van der Waals surface area contributed by atoms with E-state index in [0.717, 1.165) is 5.56 Å². The maximum atomic E-state index is 13.6. The molecule has 0 unspecified atom stereocenters. The minimum absolute atomic E-state index is 0.282. The second-order valence-electron chi connectivity index (χ2n) is 4.01. The van der Waals surface area contributed by atoms with Crippen LogP contribution in [0.3, 0.4) is 0 Å². The number of hydrogen-bond acceptors (Lipinski definition) is 3. The van der Waals surface area contributed by atoms with Crippen LogP contribution in [0.15, 0.2) is 30.6 Å². The fraction of sp³-hybridized carbons (Fsp3) is 0.231. The van der Waals surface area contributed by atoms with Gasteiger partial charge in [0, 0.05) is 11.8 Å². The van der Waals surface area contributed by atoms with Crippen molar-refractivity contribution < 1.29 is 13.9 Å². The lowest BCUT2D eigenvalue weighted by molar-refractivity contribution is 0.0600. The first-order valence-corrected chi connectivity index (χ1v) is 5.46. The number of halogens is 1. The number of nitrogens with zero attached hydrogens (tertiary/aromatic N) is 2. The van der Waals surface area contributed by atoms with Gasteiger partial charge in [-0.15, -0.1) is 0 Å². The molecule has 0 saturated carbocycles. The lowest BCUT2D eigenvalue weighted by atomic mass is 10.1. The third-order valence-corrected chi connectivity index (χ3v) is 2.56. The van der Waals surface area contributed by atoms with E-state index in [4.69, 9.17) is 0 Å². The second-order valence-corrected chi connectivity index (χ2v) is 4.01. The van der Waals surface area contributed by atoms with E-state index in [9.17, 15) is 9.18 Å². The van der Waals surface area contributed by atoms with Crippen molar-refractivity contribution in [3.63, 3.8) is 0 Å². The minimum atomic E-state index is -0.479. The van der Waals surface area contributed by atoms with E-state index in [1.165, 1.54) is 25.3 Å². The van der Waals surface area contributed by atoms with Gasteiger partial charge in [0.15, 0.2) is 0 Å². The summed E-state index contributed by atoms with van der Waals surface area (Å²) < 4.78 is 19.9. The van der Waals surface area contributed by atoms with Crippen LogP contribution >= 0.6 is 0 Å². The van der Waals surface area contributed by atoms with Crippen LogP contribution in [0.4, 0.5) is 4.39 Å². The molecular formula is C13H13FN2O2. The molecule has 4 nitrogen and oxygen atoms in total. The zero-order valence-corrected chi connectivity index (χ0v) is 10.2. The summed E-state index contributed by atoms with van der Waals surface area (Å²) in [7, 11) is 1.29. The van der Waals surface area contributed by atoms with Crippen molar-refractivity contribution >= 4 is 5.97 Å². The van der Waals surface area contributed by atoms with Gasteiger partial charge in [-0.25, -0.2) is 9.18 Å². The molecule has 2 aromatic rings. The predicted octanol–water partition coefficient (Wildman–Crippen LogP) is 2.17. The SMILES string of the molecule is COC(=O)c1ccc(F)c(Cn2cc(C)cn2)c1. The average molecular weight is 248 g/mol. The number of rotatable bonds is 3. The Morgan fingerprint density at radius 1 is 1.50 bits per heavy atom. The van der Waals surface area contributed by atoms with E-state index in [1.807, 2.05) is 13.1 Å². The van der Waals surface area contributed by atoms with Crippen molar-refractivity contribution in [2.24, 2.45) is 0 Å². The standard InChI is InChI=1S/C13H13FN2O2/c1-9-6-15-16(7-9)8-11-5-10(13(17)18-2)3-4-12(11)14/h3-7H,8H2,1-2H3. The predicted molar refractivity (Wildman–Crippen MR) is 63.8 cm³/mol. The molecule has 1 aromatic carbocycles. The van der Waals surface area contributed by atoms with Crippen LogP contribution in [-0.2, 0) is 11.3 Å². The van der Waals surface area contributed by atoms with Gasteiger partial charge in [-0.3, -0.25) is 4.68 Å². The van der Waals surface area contributed by atoms with Gasteiger partial charge in [-0.05, 0) is 30.7 Å². The molecule has 0 radical (unpaired) electrons. The van der Waals surface area contributed by atoms with E-state index >= 15 is 0 Å². The minimum Gasteiger partial charge on any atom is -0.465 e. The van der Waals surface area contributed by atoms with Crippen molar-refractivity contribution in [3.8, 4) is 0 Å². The molecule has 1 heterocycles. The molecule has 0 spiro atoms. The van der Waals surface area contributed by atoms with E-state index < -0.39 is 5.97 Å². The topological polar surface area (TPSA) is 44.1 Å². The maximum Gasteiger partial charge on any atom is 0.337 e. The molecule has 1 aromatic heterocycles. The van der Waals surface area contributed by atoms with Crippen molar-refractivity contribution in [1.82, 2.24) is 9.78 Å². The van der Waals surface area contributed by atoms with Crippen LogP contribution in [0.1, 0.15) is 21.5 Å². The van der Waals surface area contributed by atoms with Gasteiger partial charge in [0.2, 0.25) is 0 Å². The smallest absolute Gasteiger partial charge is 0.337 e. The number of hydrogen-bond donors (Lipinski definition) is 0. The third kappa shape index (κ3) is 2.56. The summed E-state index contributed by atoms with van der Waals surface area (Å²) in [5.41, 5.74) is 1.73. The zero-order chi connectivity index (χ0) is 13.1. The van der Waals surface area contributed by atoms with Crippen molar-refractivity contribution in [2.45, 2.75) is 13.5 Å². The fourth-order valence-corrected chi connectivity index (χ4v) is 1.67.